The Labute approximate surface area is 123 Å². The summed E-state index contributed by atoms with van der Waals surface area (Å²) in [5.74, 6) is 6.01. The molecule has 0 radical (unpaired) electrons. The fourth-order valence-corrected chi connectivity index (χ4v) is 2.54. The number of allylic oxidation sites excluding steroid dienone is 1. The molecule has 4 heteroatoms. The molecular formula is C16H16ClNO2. The maximum Gasteiger partial charge on any atom is 0.408 e. The molecule has 1 aromatic rings. The third kappa shape index (κ3) is 2.97. The number of carbonyl (C=O) groups is 1. The van der Waals surface area contributed by atoms with Gasteiger partial charge < -0.3 is 5.11 Å². The van der Waals surface area contributed by atoms with Crippen molar-refractivity contribution in [2.75, 3.05) is 6.54 Å². The SMILES string of the molecule is CC1(C)/C(=C/C#Cc2cccc(Cl)c2)CCN1C(=O)O. The summed E-state index contributed by atoms with van der Waals surface area (Å²) in [4.78, 5) is 12.6. The van der Waals surface area contributed by atoms with Gasteiger partial charge in [-0.1, -0.05) is 29.5 Å². The van der Waals surface area contributed by atoms with Crippen LogP contribution < -0.4 is 0 Å². The minimum absolute atomic E-state index is 0.491. The molecule has 0 spiro atoms. The molecule has 0 aliphatic carbocycles. The van der Waals surface area contributed by atoms with E-state index < -0.39 is 11.6 Å². The molecule has 104 valence electrons. The summed E-state index contributed by atoms with van der Waals surface area (Å²) < 4.78 is 0. The molecule has 0 unspecified atom stereocenters. The van der Waals surface area contributed by atoms with Crippen molar-refractivity contribution >= 4 is 17.7 Å². The predicted molar refractivity (Wildman–Crippen MR) is 79.8 cm³/mol. The molecular weight excluding hydrogens is 274 g/mol. The predicted octanol–water partition coefficient (Wildman–Crippen LogP) is 3.78. The van der Waals surface area contributed by atoms with Crippen molar-refractivity contribution in [3.05, 3.63) is 46.5 Å². The smallest absolute Gasteiger partial charge is 0.408 e. The standard InChI is InChI=1S/C16H16ClNO2/c1-16(2)13(9-10-18(16)15(19)20)7-3-5-12-6-4-8-14(17)11-12/h4,6-8,11H,9-10H2,1-2H3,(H,19,20)/b13-7+. The maximum absolute atomic E-state index is 11.1. The lowest BCUT2D eigenvalue weighted by Crippen LogP contribution is -2.42. The number of hydrogen-bond donors (Lipinski definition) is 1. The quantitative estimate of drug-likeness (QED) is 0.738. The third-order valence-electron chi connectivity index (χ3n) is 3.58. The summed E-state index contributed by atoms with van der Waals surface area (Å²) in [5, 5.41) is 9.80. The van der Waals surface area contributed by atoms with Gasteiger partial charge in [0, 0.05) is 17.1 Å². The molecule has 1 heterocycles. The van der Waals surface area contributed by atoms with Crippen LogP contribution in [0.4, 0.5) is 4.79 Å². The minimum Gasteiger partial charge on any atom is -0.465 e. The van der Waals surface area contributed by atoms with Crippen LogP contribution >= 0.6 is 11.6 Å². The average molecular weight is 290 g/mol. The zero-order valence-electron chi connectivity index (χ0n) is 11.5. The highest BCUT2D eigenvalue weighted by Gasteiger charge is 2.39. The summed E-state index contributed by atoms with van der Waals surface area (Å²) in [6.07, 6.45) is 1.66. The number of likely N-dealkylation sites (tertiary alicyclic amines) is 1. The molecule has 0 bridgehead atoms. The zero-order chi connectivity index (χ0) is 14.8. The van der Waals surface area contributed by atoms with E-state index in [1.807, 2.05) is 32.1 Å². The van der Waals surface area contributed by atoms with Gasteiger partial charge in [-0.3, -0.25) is 4.90 Å². The molecule has 0 saturated carbocycles. The highest BCUT2D eigenvalue weighted by atomic mass is 35.5. The van der Waals surface area contributed by atoms with Gasteiger partial charge in [0.15, 0.2) is 0 Å². The van der Waals surface area contributed by atoms with Gasteiger partial charge in [-0.15, -0.1) is 0 Å². The van der Waals surface area contributed by atoms with E-state index in [0.29, 0.717) is 11.6 Å². The fraction of sp³-hybridized carbons (Fsp3) is 0.312. The average Bonchev–Trinajstić information content (AvgIpc) is 2.65. The van der Waals surface area contributed by atoms with Crippen LogP contribution in [-0.4, -0.2) is 28.2 Å². The normalized spacial score (nSPS) is 18.8. The van der Waals surface area contributed by atoms with Crippen LogP contribution in [0, 0.1) is 11.8 Å². The third-order valence-corrected chi connectivity index (χ3v) is 3.82. The number of halogens is 1. The van der Waals surface area contributed by atoms with Crippen LogP contribution in [0.2, 0.25) is 5.02 Å². The van der Waals surface area contributed by atoms with Gasteiger partial charge in [0.1, 0.15) is 0 Å². The van der Waals surface area contributed by atoms with Gasteiger partial charge in [-0.2, -0.15) is 0 Å². The second-order valence-electron chi connectivity index (χ2n) is 5.19. The largest absolute Gasteiger partial charge is 0.465 e. The second-order valence-corrected chi connectivity index (χ2v) is 5.63. The van der Waals surface area contributed by atoms with Crippen molar-refractivity contribution < 1.29 is 9.90 Å². The topological polar surface area (TPSA) is 40.5 Å². The van der Waals surface area contributed by atoms with Crippen LogP contribution in [0.15, 0.2) is 35.9 Å². The molecule has 1 N–H and O–H groups in total. The molecule has 1 fully saturated rings. The Hall–Kier alpha value is -1.92. The van der Waals surface area contributed by atoms with Crippen LogP contribution in [-0.2, 0) is 0 Å². The first-order chi connectivity index (χ1) is 9.41. The first-order valence-electron chi connectivity index (χ1n) is 6.38. The van der Waals surface area contributed by atoms with Gasteiger partial charge in [0.05, 0.1) is 5.54 Å². The van der Waals surface area contributed by atoms with Crippen LogP contribution in [0.3, 0.4) is 0 Å². The van der Waals surface area contributed by atoms with Crippen molar-refractivity contribution in [1.82, 2.24) is 4.90 Å². The molecule has 3 nitrogen and oxygen atoms in total. The van der Waals surface area contributed by atoms with Gasteiger partial charge in [0.2, 0.25) is 0 Å². The van der Waals surface area contributed by atoms with Gasteiger partial charge in [-0.05, 0) is 50.1 Å². The van der Waals surface area contributed by atoms with E-state index in [-0.39, 0.29) is 0 Å². The lowest BCUT2D eigenvalue weighted by molar-refractivity contribution is 0.124. The molecule has 20 heavy (non-hydrogen) atoms. The van der Waals surface area contributed by atoms with Crippen LogP contribution in [0.25, 0.3) is 0 Å². The number of benzene rings is 1. The van der Waals surface area contributed by atoms with E-state index in [0.717, 1.165) is 17.6 Å². The molecule has 0 atom stereocenters. The van der Waals surface area contributed by atoms with Gasteiger partial charge in [-0.25, -0.2) is 4.79 Å². The van der Waals surface area contributed by atoms with E-state index in [4.69, 9.17) is 16.7 Å². The monoisotopic (exact) mass is 289 g/mol. The summed E-state index contributed by atoms with van der Waals surface area (Å²) in [6, 6.07) is 7.35. The molecule has 2 rings (SSSR count). The lowest BCUT2D eigenvalue weighted by Gasteiger charge is -2.29. The Morgan fingerprint density at radius 3 is 2.85 bits per heavy atom. The van der Waals surface area contributed by atoms with Gasteiger partial charge in [0.25, 0.3) is 0 Å². The van der Waals surface area contributed by atoms with Gasteiger partial charge >= 0.3 is 6.09 Å². The van der Waals surface area contributed by atoms with Crippen LogP contribution in [0.1, 0.15) is 25.8 Å². The molecule has 1 amide bonds. The second kappa shape index (κ2) is 5.60. The fourth-order valence-electron chi connectivity index (χ4n) is 2.35. The Bertz CT molecular complexity index is 623. The highest BCUT2D eigenvalue weighted by molar-refractivity contribution is 6.30. The highest BCUT2D eigenvalue weighted by Crippen LogP contribution is 2.33. The van der Waals surface area contributed by atoms with Crippen molar-refractivity contribution in [2.24, 2.45) is 0 Å². The molecule has 1 aliphatic rings. The van der Waals surface area contributed by atoms with Crippen LogP contribution in [0.5, 0.6) is 0 Å². The zero-order valence-corrected chi connectivity index (χ0v) is 12.2. The minimum atomic E-state index is -0.888. The number of nitrogens with zero attached hydrogens (tertiary/aromatic N) is 1. The Morgan fingerprint density at radius 2 is 2.25 bits per heavy atom. The first kappa shape index (κ1) is 14.5. The van der Waals surface area contributed by atoms with E-state index in [1.54, 1.807) is 12.1 Å². The molecule has 1 aromatic carbocycles. The number of carboxylic acid groups (broad SMARTS) is 1. The van der Waals surface area contributed by atoms with Crippen molar-refractivity contribution in [3.8, 4) is 11.8 Å². The summed E-state index contributed by atoms with van der Waals surface area (Å²) in [5.41, 5.74) is 1.39. The molecule has 1 saturated heterocycles. The van der Waals surface area contributed by atoms with E-state index >= 15 is 0 Å². The van der Waals surface area contributed by atoms with Crippen molar-refractivity contribution in [1.29, 1.82) is 0 Å². The number of hydrogen-bond acceptors (Lipinski definition) is 1. The van der Waals surface area contributed by atoms with E-state index in [2.05, 4.69) is 11.8 Å². The lowest BCUT2D eigenvalue weighted by atomic mass is 9.95. The summed E-state index contributed by atoms with van der Waals surface area (Å²) in [7, 11) is 0. The van der Waals surface area contributed by atoms with E-state index in [9.17, 15) is 4.79 Å². The maximum atomic E-state index is 11.1. The van der Waals surface area contributed by atoms with Crippen molar-refractivity contribution in [2.45, 2.75) is 25.8 Å². The van der Waals surface area contributed by atoms with Crippen molar-refractivity contribution in [3.63, 3.8) is 0 Å². The number of rotatable bonds is 0. The Morgan fingerprint density at radius 1 is 1.50 bits per heavy atom. The molecule has 0 aromatic heterocycles. The van der Waals surface area contributed by atoms with E-state index in [1.165, 1.54) is 4.90 Å². The molecule has 1 aliphatic heterocycles. The Kier molecular flexibility index (Phi) is 4.06. The first-order valence-corrected chi connectivity index (χ1v) is 6.76. The summed E-state index contributed by atoms with van der Waals surface area (Å²) in [6.45, 7) is 4.33. The summed E-state index contributed by atoms with van der Waals surface area (Å²) >= 11 is 5.90. The number of amides is 1. The Balaban J connectivity index is 2.20.